The highest BCUT2D eigenvalue weighted by Crippen LogP contribution is 2.19. The molecule has 0 fully saturated rings. The van der Waals surface area contributed by atoms with E-state index in [-0.39, 0.29) is 0 Å². The summed E-state index contributed by atoms with van der Waals surface area (Å²) in [7, 11) is 0. The van der Waals surface area contributed by atoms with E-state index < -0.39 is 0 Å². The van der Waals surface area contributed by atoms with E-state index in [4.69, 9.17) is 25.8 Å². The normalized spacial score (nSPS) is 10.3. The van der Waals surface area contributed by atoms with Crippen molar-refractivity contribution in [2.45, 2.75) is 6.61 Å². The summed E-state index contributed by atoms with van der Waals surface area (Å²) in [4.78, 5) is 0. The summed E-state index contributed by atoms with van der Waals surface area (Å²) >= 11 is 5.83. The average molecular weight is 355 g/mol. The van der Waals surface area contributed by atoms with Gasteiger partial charge in [-0.15, -0.1) is 0 Å². The van der Waals surface area contributed by atoms with Crippen molar-refractivity contribution < 1.29 is 14.2 Å². The Morgan fingerprint density at radius 3 is 1.60 bits per heavy atom. The second kappa shape index (κ2) is 9.00. The molecule has 0 aromatic heterocycles. The summed E-state index contributed by atoms with van der Waals surface area (Å²) in [6, 6.07) is 24.9. The van der Waals surface area contributed by atoms with Crippen molar-refractivity contribution in [3.05, 3.63) is 89.4 Å². The molecule has 0 aliphatic carbocycles. The fraction of sp³-hybridized carbons (Fsp3) is 0.143. The van der Waals surface area contributed by atoms with Crippen molar-refractivity contribution in [3.63, 3.8) is 0 Å². The van der Waals surface area contributed by atoms with Crippen molar-refractivity contribution >= 4 is 11.6 Å². The van der Waals surface area contributed by atoms with Gasteiger partial charge in [-0.2, -0.15) is 0 Å². The molecule has 128 valence electrons. The monoisotopic (exact) mass is 354 g/mol. The van der Waals surface area contributed by atoms with Crippen LogP contribution < -0.4 is 14.2 Å². The number of benzene rings is 3. The number of hydrogen-bond acceptors (Lipinski definition) is 3. The molecule has 0 amide bonds. The van der Waals surface area contributed by atoms with Crippen molar-refractivity contribution in [1.29, 1.82) is 0 Å². The average Bonchev–Trinajstić information content (AvgIpc) is 2.67. The van der Waals surface area contributed by atoms with E-state index in [1.54, 1.807) is 12.1 Å². The van der Waals surface area contributed by atoms with Crippen LogP contribution in [-0.2, 0) is 6.61 Å². The standard InChI is InChI=1S/C21H19ClO3/c22-18-6-8-19(9-7-18)23-14-15-24-20-10-12-21(13-11-20)25-16-17-4-2-1-3-5-17/h1-13H,14-16H2. The largest absolute Gasteiger partial charge is 0.490 e. The minimum absolute atomic E-state index is 0.465. The van der Waals surface area contributed by atoms with Crippen molar-refractivity contribution in [2.24, 2.45) is 0 Å². The fourth-order valence-electron chi connectivity index (χ4n) is 2.22. The lowest BCUT2D eigenvalue weighted by Crippen LogP contribution is -2.08. The van der Waals surface area contributed by atoms with Crippen LogP contribution in [0.4, 0.5) is 0 Å². The lowest BCUT2D eigenvalue weighted by atomic mass is 10.2. The third kappa shape index (κ3) is 5.73. The zero-order chi connectivity index (χ0) is 17.3. The summed E-state index contributed by atoms with van der Waals surface area (Å²) in [5.74, 6) is 2.37. The second-order valence-corrected chi connectivity index (χ2v) is 5.83. The topological polar surface area (TPSA) is 27.7 Å². The van der Waals surface area contributed by atoms with Crippen LogP contribution in [0.5, 0.6) is 17.2 Å². The molecule has 0 radical (unpaired) electrons. The van der Waals surface area contributed by atoms with Gasteiger partial charge < -0.3 is 14.2 Å². The van der Waals surface area contributed by atoms with Gasteiger partial charge in [0.15, 0.2) is 0 Å². The van der Waals surface area contributed by atoms with Gasteiger partial charge in [-0.3, -0.25) is 0 Å². The Hall–Kier alpha value is -2.65. The van der Waals surface area contributed by atoms with Gasteiger partial charge in [0.25, 0.3) is 0 Å². The Morgan fingerprint density at radius 1 is 0.560 bits per heavy atom. The van der Waals surface area contributed by atoms with Crippen molar-refractivity contribution in [3.8, 4) is 17.2 Å². The molecule has 3 aromatic rings. The van der Waals surface area contributed by atoms with Crippen LogP contribution in [0.2, 0.25) is 5.02 Å². The lowest BCUT2D eigenvalue weighted by Gasteiger charge is -2.10. The molecule has 4 heteroatoms. The molecule has 0 spiro atoms. The van der Waals surface area contributed by atoms with Gasteiger partial charge in [-0.25, -0.2) is 0 Å². The molecule has 0 heterocycles. The predicted molar refractivity (Wildman–Crippen MR) is 99.7 cm³/mol. The van der Waals surface area contributed by atoms with Crippen molar-refractivity contribution in [1.82, 2.24) is 0 Å². The Morgan fingerprint density at radius 2 is 1.04 bits per heavy atom. The Labute approximate surface area is 152 Å². The molecule has 3 aromatic carbocycles. The van der Waals surface area contributed by atoms with Gasteiger partial charge >= 0.3 is 0 Å². The van der Waals surface area contributed by atoms with Crippen LogP contribution in [0, 0.1) is 0 Å². The lowest BCUT2D eigenvalue weighted by molar-refractivity contribution is 0.217. The molecule has 0 atom stereocenters. The molecule has 25 heavy (non-hydrogen) atoms. The second-order valence-electron chi connectivity index (χ2n) is 5.40. The van der Waals surface area contributed by atoms with E-state index >= 15 is 0 Å². The summed E-state index contributed by atoms with van der Waals surface area (Å²) in [6.45, 7) is 1.48. The van der Waals surface area contributed by atoms with E-state index in [0.717, 1.165) is 22.8 Å². The zero-order valence-corrected chi connectivity index (χ0v) is 14.5. The van der Waals surface area contributed by atoms with Crippen LogP contribution in [0.3, 0.4) is 0 Å². The summed E-state index contributed by atoms with van der Waals surface area (Å²) in [5.41, 5.74) is 1.14. The zero-order valence-electron chi connectivity index (χ0n) is 13.7. The highest BCUT2D eigenvalue weighted by atomic mass is 35.5. The van der Waals surface area contributed by atoms with Gasteiger partial charge in [0.2, 0.25) is 0 Å². The SMILES string of the molecule is Clc1ccc(OCCOc2ccc(OCc3ccccc3)cc2)cc1. The first-order valence-electron chi connectivity index (χ1n) is 8.07. The number of rotatable bonds is 8. The van der Waals surface area contributed by atoms with Crippen LogP contribution in [0.15, 0.2) is 78.9 Å². The highest BCUT2D eigenvalue weighted by molar-refractivity contribution is 6.30. The molecule has 0 saturated heterocycles. The maximum Gasteiger partial charge on any atom is 0.122 e. The quantitative estimate of drug-likeness (QED) is 0.508. The van der Waals surface area contributed by atoms with Crippen LogP contribution in [0.25, 0.3) is 0 Å². The molecular weight excluding hydrogens is 336 g/mol. The van der Waals surface area contributed by atoms with Gasteiger partial charge in [0, 0.05) is 5.02 Å². The number of ether oxygens (including phenoxy) is 3. The first-order valence-corrected chi connectivity index (χ1v) is 8.45. The number of hydrogen-bond donors (Lipinski definition) is 0. The Balaban J connectivity index is 1.39. The molecule has 0 bridgehead atoms. The molecule has 3 nitrogen and oxygen atoms in total. The van der Waals surface area contributed by atoms with Gasteiger partial charge in [0.1, 0.15) is 37.1 Å². The third-order valence-corrected chi connectivity index (χ3v) is 3.76. The van der Waals surface area contributed by atoms with Crippen LogP contribution in [-0.4, -0.2) is 13.2 Å². The molecule has 0 unspecified atom stereocenters. The summed E-state index contributed by atoms with van der Waals surface area (Å²) < 4.78 is 17.0. The minimum atomic E-state index is 0.465. The van der Waals surface area contributed by atoms with E-state index in [1.807, 2.05) is 66.7 Å². The summed E-state index contributed by atoms with van der Waals surface area (Å²) in [5, 5.41) is 0.693. The van der Waals surface area contributed by atoms with Gasteiger partial charge in [-0.05, 0) is 54.1 Å². The molecule has 3 rings (SSSR count). The Kier molecular flexibility index (Phi) is 6.18. The van der Waals surface area contributed by atoms with Crippen LogP contribution >= 0.6 is 11.6 Å². The molecule has 0 aliphatic heterocycles. The van der Waals surface area contributed by atoms with Gasteiger partial charge in [-0.1, -0.05) is 41.9 Å². The van der Waals surface area contributed by atoms with E-state index in [9.17, 15) is 0 Å². The van der Waals surface area contributed by atoms with E-state index in [1.165, 1.54) is 0 Å². The smallest absolute Gasteiger partial charge is 0.122 e. The number of halogens is 1. The van der Waals surface area contributed by atoms with E-state index in [2.05, 4.69) is 0 Å². The molecule has 0 saturated carbocycles. The Bertz CT molecular complexity index is 755. The first kappa shape index (κ1) is 17.2. The van der Waals surface area contributed by atoms with E-state index in [0.29, 0.717) is 24.8 Å². The molecular formula is C21H19ClO3. The fourth-order valence-corrected chi connectivity index (χ4v) is 2.35. The summed E-state index contributed by atoms with van der Waals surface area (Å²) in [6.07, 6.45) is 0. The maximum atomic E-state index is 5.83. The van der Waals surface area contributed by atoms with Gasteiger partial charge in [0.05, 0.1) is 0 Å². The van der Waals surface area contributed by atoms with Crippen molar-refractivity contribution in [2.75, 3.05) is 13.2 Å². The molecule has 0 aliphatic rings. The highest BCUT2D eigenvalue weighted by Gasteiger charge is 1.99. The molecule has 0 N–H and O–H groups in total. The van der Waals surface area contributed by atoms with Crippen LogP contribution in [0.1, 0.15) is 5.56 Å². The third-order valence-electron chi connectivity index (χ3n) is 3.51. The minimum Gasteiger partial charge on any atom is -0.490 e. The first-order chi connectivity index (χ1) is 12.3. The maximum absolute atomic E-state index is 5.83. The predicted octanol–water partition coefficient (Wildman–Crippen LogP) is 5.38.